The van der Waals surface area contributed by atoms with E-state index in [4.69, 9.17) is 4.74 Å². The molecular weight excluding hydrogens is 254 g/mol. The van der Waals surface area contributed by atoms with Gasteiger partial charge in [0, 0.05) is 12.1 Å². The Morgan fingerprint density at radius 3 is 2.65 bits per heavy atom. The minimum atomic E-state index is -0.330. The van der Waals surface area contributed by atoms with E-state index in [1.54, 1.807) is 18.5 Å². The highest BCUT2D eigenvalue weighted by atomic mass is 16.5. The molecule has 0 N–H and O–H groups in total. The fourth-order valence-electron chi connectivity index (χ4n) is 2.21. The van der Waals surface area contributed by atoms with Gasteiger partial charge in [0.2, 0.25) is 0 Å². The van der Waals surface area contributed by atoms with Crippen LogP contribution in [0.1, 0.15) is 30.1 Å². The Bertz CT molecular complexity index is 627. The SMILES string of the molecule is COC(=O)c1ccc(-c2ncnn2CC2(C)CC2)cc1. The molecule has 104 valence electrons. The number of nitrogens with zero attached hydrogens (tertiary/aromatic N) is 3. The number of ether oxygens (including phenoxy) is 1. The highest BCUT2D eigenvalue weighted by Crippen LogP contribution is 2.46. The molecule has 1 saturated carbocycles. The van der Waals surface area contributed by atoms with Gasteiger partial charge in [-0.3, -0.25) is 0 Å². The van der Waals surface area contributed by atoms with E-state index in [1.807, 2.05) is 16.8 Å². The average molecular weight is 271 g/mol. The third-order valence-electron chi connectivity index (χ3n) is 3.81. The molecule has 0 aliphatic heterocycles. The first-order valence-electron chi connectivity index (χ1n) is 6.68. The van der Waals surface area contributed by atoms with E-state index in [0.717, 1.165) is 17.9 Å². The van der Waals surface area contributed by atoms with Crippen molar-refractivity contribution in [1.29, 1.82) is 0 Å². The van der Waals surface area contributed by atoms with E-state index in [0.29, 0.717) is 11.0 Å². The minimum Gasteiger partial charge on any atom is -0.465 e. The molecule has 5 nitrogen and oxygen atoms in total. The van der Waals surface area contributed by atoms with Crippen LogP contribution in [0.5, 0.6) is 0 Å². The lowest BCUT2D eigenvalue weighted by Crippen LogP contribution is -2.11. The molecule has 1 aliphatic rings. The fourth-order valence-corrected chi connectivity index (χ4v) is 2.21. The van der Waals surface area contributed by atoms with Crippen molar-refractivity contribution < 1.29 is 9.53 Å². The Balaban J connectivity index is 1.86. The molecule has 1 heterocycles. The van der Waals surface area contributed by atoms with Crippen molar-refractivity contribution in [3.63, 3.8) is 0 Å². The van der Waals surface area contributed by atoms with Crippen LogP contribution in [0.4, 0.5) is 0 Å². The molecule has 0 atom stereocenters. The average Bonchev–Trinajstić information content (AvgIpc) is 3.01. The van der Waals surface area contributed by atoms with Crippen LogP contribution in [0.3, 0.4) is 0 Å². The molecule has 0 spiro atoms. The summed E-state index contributed by atoms with van der Waals surface area (Å²) in [7, 11) is 1.38. The number of esters is 1. The van der Waals surface area contributed by atoms with Crippen LogP contribution in [0.15, 0.2) is 30.6 Å². The van der Waals surface area contributed by atoms with Crippen LogP contribution in [-0.2, 0) is 11.3 Å². The quantitative estimate of drug-likeness (QED) is 0.802. The van der Waals surface area contributed by atoms with Crippen LogP contribution in [0.25, 0.3) is 11.4 Å². The van der Waals surface area contributed by atoms with Gasteiger partial charge in [0.05, 0.1) is 12.7 Å². The van der Waals surface area contributed by atoms with E-state index in [-0.39, 0.29) is 5.97 Å². The van der Waals surface area contributed by atoms with Gasteiger partial charge >= 0.3 is 5.97 Å². The van der Waals surface area contributed by atoms with Crippen molar-refractivity contribution in [2.24, 2.45) is 5.41 Å². The number of methoxy groups -OCH3 is 1. The Kier molecular flexibility index (Phi) is 3.04. The van der Waals surface area contributed by atoms with E-state index < -0.39 is 0 Å². The summed E-state index contributed by atoms with van der Waals surface area (Å²) in [6.07, 6.45) is 4.07. The molecule has 1 fully saturated rings. The van der Waals surface area contributed by atoms with Gasteiger partial charge in [-0.25, -0.2) is 14.5 Å². The van der Waals surface area contributed by atoms with E-state index in [1.165, 1.54) is 20.0 Å². The zero-order valence-corrected chi connectivity index (χ0v) is 11.7. The zero-order valence-electron chi connectivity index (χ0n) is 11.7. The summed E-state index contributed by atoms with van der Waals surface area (Å²) in [4.78, 5) is 15.7. The smallest absolute Gasteiger partial charge is 0.337 e. The second-order valence-electron chi connectivity index (χ2n) is 5.62. The molecule has 1 aromatic carbocycles. The molecule has 0 bridgehead atoms. The zero-order chi connectivity index (χ0) is 14.2. The third kappa shape index (κ3) is 2.43. The monoisotopic (exact) mass is 271 g/mol. The van der Waals surface area contributed by atoms with Crippen LogP contribution >= 0.6 is 0 Å². The second kappa shape index (κ2) is 4.74. The molecule has 3 rings (SSSR count). The summed E-state index contributed by atoms with van der Waals surface area (Å²) < 4.78 is 6.64. The van der Waals surface area contributed by atoms with Gasteiger partial charge in [0.25, 0.3) is 0 Å². The van der Waals surface area contributed by atoms with Crippen LogP contribution < -0.4 is 0 Å². The Morgan fingerprint density at radius 1 is 1.35 bits per heavy atom. The number of carbonyl (C=O) groups is 1. The summed E-state index contributed by atoms with van der Waals surface area (Å²) in [5.74, 6) is 0.512. The molecule has 1 aliphatic carbocycles. The summed E-state index contributed by atoms with van der Waals surface area (Å²) >= 11 is 0. The van der Waals surface area contributed by atoms with Crippen molar-refractivity contribution >= 4 is 5.97 Å². The van der Waals surface area contributed by atoms with E-state index in [9.17, 15) is 4.79 Å². The third-order valence-corrected chi connectivity index (χ3v) is 3.81. The van der Waals surface area contributed by atoms with Gasteiger partial charge in [0.15, 0.2) is 5.82 Å². The maximum atomic E-state index is 11.4. The molecule has 0 saturated heterocycles. The van der Waals surface area contributed by atoms with Crippen LogP contribution in [0.2, 0.25) is 0 Å². The van der Waals surface area contributed by atoms with E-state index in [2.05, 4.69) is 17.0 Å². The van der Waals surface area contributed by atoms with Gasteiger partial charge < -0.3 is 4.74 Å². The number of carbonyl (C=O) groups excluding carboxylic acids is 1. The molecule has 0 radical (unpaired) electrons. The number of hydrogen-bond donors (Lipinski definition) is 0. The number of aromatic nitrogens is 3. The summed E-state index contributed by atoms with van der Waals surface area (Å²) in [6, 6.07) is 7.25. The van der Waals surface area contributed by atoms with Gasteiger partial charge in [0.1, 0.15) is 6.33 Å². The molecule has 0 amide bonds. The van der Waals surface area contributed by atoms with E-state index >= 15 is 0 Å². The first-order valence-corrected chi connectivity index (χ1v) is 6.68. The second-order valence-corrected chi connectivity index (χ2v) is 5.62. The molecule has 1 aromatic heterocycles. The van der Waals surface area contributed by atoms with Gasteiger partial charge in [-0.1, -0.05) is 19.1 Å². The summed E-state index contributed by atoms with van der Waals surface area (Å²) in [5.41, 5.74) is 1.87. The molecule has 0 unspecified atom stereocenters. The summed E-state index contributed by atoms with van der Waals surface area (Å²) in [6.45, 7) is 3.15. The first-order chi connectivity index (χ1) is 9.61. The van der Waals surface area contributed by atoms with Gasteiger partial charge in [-0.15, -0.1) is 0 Å². The Morgan fingerprint density at radius 2 is 2.05 bits per heavy atom. The maximum Gasteiger partial charge on any atom is 0.337 e. The predicted molar refractivity (Wildman–Crippen MR) is 74.1 cm³/mol. The standard InChI is InChI=1S/C15H17N3O2/c1-15(7-8-15)9-18-13(16-10-17-18)11-3-5-12(6-4-11)14(19)20-2/h3-6,10H,7-9H2,1-2H3. The predicted octanol–water partition coefficient (Wildman–Crippen LogP) is 2.53. The highest BCUT2D eigenvalue weighted by molar-refractivity contribution is 5.89. The first kappa shape index (κ1) is 12.8. The van der Waals surface area contributed by atoms with Crippen LogP contribution in [0, 0.1) is 5.41 Å². The molecule has 5 heteroatoms. The lowest BCUT2D eigenvalue weighted by molar-refractivity contribution is 0.0601. The highest BCUT2D eigenvalue weighted by Gasteiger charge is 2.38. The Labute approximate surface area is 117 Å². The maximum absolute atomic E-state index is 11.4. The lowest BCUT2D eigenvalue weighted by Gasteiger charge is -2.11. The summed E-state index contributed by atoms with van der Waals surface area (Å²) in [5, 5.41) is 4.31. The number of hydrogen-bond acceptors (Lipinski definition) is 4. The van der Waals surface area contributed by atoms with Crippen LogP contribution in [-0.4, -0.2) is 27.8 Å². The molecule has 2 aromatic rings. The minimum absolute atomic E-state index is 0.330. The van der Waals surface area contributed by atoms with Crippen molar-refractivity contribution in [3.8, 4) is 11.4 Å². The molecule has 20 heavy (non-hydrogen) atoms. The van der Waals surface area contributed by atoms with Gasteiger partial charge in [-0.05, 0) is 30.4 Å². The Hall–Kier alpha value is -2.17. The largest absolute Gasteiger partial charge is 0.465 e. The topological polar surface area (TPSA) is 57.0 Å². The van der Waals surface area contributed by atoms with Gasteiger partial charge in [-0.2, -0.15) is 5.10 Å². The van der Waals surface area contributed by atoms with Crippen molar-refractivity contribution in [3.05, 3.63) is 36.2 Å². The lowest BCUT2D eigenvalue weighted by atomic mass is 10.1. The number of rotatable bonds is 4. The fraction of sp³-hybridized carbons (Fsp3) is 0.400. The normalized spacial score (nSPS) is 15.9. The van der Waals surface area contributed by atoms with Crippen molar-refractivity contribution in [2.75, 3.05) is 7.11 Å². The number of benzene rings is 1. The van der Waals surface area contributed by atoms with Crippen molar-refractivity contribution in [1.82, 2.24) is 14.8 Å². The van der Waals surface area contributed by atoms with Crippen molar-refractivity contribution in [2.45, 2.75) is 26.3 Å². The molecular formula is C15H17N3O2.